The van der Waals surface area contributed by atoms with Crippen molar-refractivity contribution in [1.82, 2.24) is 5.32 Å². The second-order valence-corrected chi connectivity index (χ2v) is 6.45. The summed E-state index contributed by atoms with van der Waals surface area (Å²) in [6, 6.07) is 14.2. The molecule has 1 heterocycles. The van der Waals surface area contributed by atoms with Gasteiger partial charge in [-0.3, -0.25) is 9.59 Å². The average molecular weight is 389 g/mol. The summed E-state index contributed by atoms with van der Waals surface area (Å²) in [5.74, 6) is 0.387. The average Bonchev–Trinajstić information content (AvgIpc) is 2.88. The number of methoxy groups -OCH3 is 1. The van der Waals surface area contributed by atoms with Crippen LogP contribution in [0.25, 0.3) is 0 Å². The first-order valence-corrected chi connectivity index (χ1v) is 8.36. The van der Waals surface area contributed by atoms with E-state index in [1.807, 2.05) is 36.4 Å². The Hall–Kier alpha value is -2.18. The zero-order chi connectivity index (χ0) is 17.1. The number of nitrogens with zero attached hydrogens (tertiary/aromatic N) is 1. The molecule has 3 rings (SSSR count). The van der Waals surface area contributed by atoms with Gasteiger partial charge in [-0.1, -0.05) is 28.1 Å². The third-order valence-electron chi connectivity index (χ3n) is 3.94. The summed E-state index contributed by atoms with van der Waals surface area (Å²) in [5, 5.41) is 3.16. The SMILES string of the molecule is COc1ccc(CN[C@H]2CC(=O)N(c3ccc(Br)cc3)C2=O)cc1. The van der Waals surface area contributed by atoms with Gasteiger partial charge in [-0.05, 0) is 42.0 Å². The Morgan fingerprint density at radius 1 is 1.12 bits per heavy atom. The van der Waals surface area contributed by atoms with Crippen LogP contribution in [0.2, 0.25) is 0 Å². The Labute approximate surface area is 148 Å². The molecule has 0 aliphatic carbocycles. The molecule has 0 unspecified atom stereocenters. The number of halogens is 1. The van der Waals surface area contributed by atoms with Crippen molar-refractivity contribution in [1.29, 1.82) is 0 Å². The Kier molecular flexibility index (Phi) is 4.97. The fraction of sp³-hybridized carbons (Fsp3) is 0.222. The molecule has 0 spiro atoms. The predicted octanol–water partition coefficient (Wildman–Crippen LogP) is 2.88. The number of carbonyl (C=O) groups is 2. The first-order valence-electron chi connectivity index (χ1n) is 7.57. The molecular weight excluding hydrogens is 372 g/mol. The highest BCUT2D eigenvalue weighted by atomic mass is 79.9. The van der Waals surface area contributed by atoms with Crippen molar-refractivity contribution in [2.45, 2.75) is 19.0 Å². The van der Waals surface area contributed by atoms with Gasteiger partial charge in [0.25, 0.3) is 5.91 Å². The first kappa shape index (κ1) is 16.7. The number of rotatable bonds is 5. The van der Waals surface area contributed by atoms with Gasteiger partial charge in [-0.25, -0.2) is 4.90 Å². The van der Waals surface area contributed by atoms with Crippen LogP contribution in [-0.4, -0.2) is 25.0 Å². The predicted molar refractivity (Wildman–Crippen MR) is 94.9 cm³/mol. The van der Waals surface area contributed by atoms with Gasteiger partial charge in [0, 0.05) is 11.0 Å². The van der Waals surface area contributed by atoms with Gasteiger partial charge in [-0.2, -0.15) is 0 Å². The normalized spacial score (nSPS) is 17.4. The largest absolute Gasteiger partial charge is 0.497 e. The quantitative estimate of drug-likeness (QED) is 0.800. The molecule has 1 saturated heterocycles. The van der Waals surface area contributed by atoms with E-state index in [0.29, 0.717) is 12.2 Å². The standard InChI is InChI=1S/C18H17BrN2O3/c1-24-15-8-2-12(3-9-15)11-20-16-10-17(22)21(18(16)23)14-6-4-13(19)5-7-14/h2-9,16,20H,10-11H2,1H3/t16-/m0/s1. The molecule has 2 aromatic carbocycles. The lowest BCUT2D eigenvalue weighted by atomic mass is 10.2. The molecule has 1 N–H and O–H groups in total. The summed E-state index contributed by atoms with van der Waals surface area (Å²) in [6.07, 6.45) is 0.172. The van der Waals surface area contributed by atoms with E-state index in [9.17, 15) is 9.59 Å². The molecule has 24 heavy (non-hydrogen) atoms. The van der Waals surface area contributed by atoms with Gasteiger partial charge in [0.15, 0.2) is 0 Å². The Morgan fingerprint density at radius 3 is 2.42 bits per heavy atom. The Bertz CT molecular complexity index is 744. The summed E-state index contributed by atoms with van der Waals surface area (Å²) >= 11 is 3.35. The molecule has 0 aromatic heterocycles. The highest BCUT2D eigenvalue weighted by Crippen LogP contribution is 2.24. The Morgan fingerprint density at radius 2 is 1.79 bits per heavy atom. The molecule has 0 radical (unpaired) electrons. The lowest BCUT2D eigenvalue weighted by molar-refractivity contribution is -0.121. The number of nitrogens with one attached hydrogen (secondary N) is 1. The van der Waals surface area contributed by atoms with Gasteiger partial charge in [0.1, 0.15) is 5.75 Å². The number of carbonyl (C=O) groups excluding carboxylic acids is 2. The summed E-state index contributed by atoms with van der Waals surface area (Å²) in [4.78, 5) is 26.0. The lowest BCUT2D eigenvalue weighted by Gasteiger charge is -2.15. The number of hydrogen-bond donors (Lipinski definition) is 1. The molecule has 124 valence electrons. The molecule has 1 fully saturated rings. The number of anilines is 1. The highest BCUT2D eigenvalue weighted by Gasteiger charge is 2.39. The number of amides is 2. The van der Waals surface area contributed by atoms with Crippen LogP contribution >= 0.6 is 15.9 Å². The van der Waals surface area contributed by atoms with E-state index in [1.165, 1.54) is 4.90 Å². The zero-order valence-electron chi connectivity index (χ0n) is 13.2. The maximum atomic E-state index is 12.5. The number of benzene rings is 2. The van der Waals surface area contributed by atoms with E-state index in [-0.39, 0.29) is 18.2 Å². The van der Waals surface area contributed by atoms with E-state index in [0.717, 1.165) is 15.8 Å². The second kappa shape index (κ2) is 7.15. The summed E-state index contributed by atoms with van der Waals surface area (Å²) in [5.41, 5.74) is 1.63. The third kappa shape index (κ3) is 3.49. The minimum absolute atomic E-state index is 0.172. The van der Waals surface area contributed by atoms with Crippen molar-refractivity contribution in [2.24, 2.45) is 0 Å². The molecular formula is C18H17BrN2O3. The topological polar surface area (TPSA) is 58.6 Å². The molecule has 5 nitrogen and oxygen atoms in total. The lowest BCUT2D eigenvalue weighted by Crippen LogP contribution is -2.38. The summed E-state index contributed by atoms with van der Waals surface area (Å²) in [6.45, 7) is 0.516. The van der Waals surface area contributed by atoms with Crippen molar-refractivity contribution < 1.29 is 14.3 Å². The molecule has 0 bridgehead atoms. The van der Waals surface area contributed by atoms with Crippen LogP contribution in [-0.2, 0) is 16.1 Å². The third-order valence-corrected chi connectivity index (χ3v) is 4.47. The van der Waals surface area contributed by atoms with Crippen LogP contribution in [0.4, 0.5) is 5.69 Å². The van der Waals surface area contributed by atoms with Crippen LogP contribution in [0.15, 0.2) is 53.0 Å². The molecule has 0 saturated carbocycles. The molecule has 2 amide bonds. The van der Waals surface area contributed by atoms with Crippen molar-refractivity contribution in [2.75, 3.05) is 12.0 Å². The smallest absolute Gasteiger partial charge is 0.251 e. The molecule has 6 heteroatoms. The second-order valence-electron chi connectivity index (χ2n) is 5.53. The molecule has 1 aliphatic rings. The highest BCUT2D eigenvalue weighted by molar-refractivity contribution is 9.10. The summed E-state index contributed by atoms with van der Waals surface area (Å²) < 4.78 is 6.02. The van der Waals surface area contributed by atoms with Crippen LogP contribution in [0.3, 0.4) is 0 Å². The van der Waals surface area contributed by atoms with E-state index in [1.54, 1.807) is 19.2 Å². The van der Waals surface area contributed by atoms with E-state index in [4.69, 9.17) is 4.74 Å². The van der Waals surface area contributed by atoms with Gasteiger partial charge in [-0.15, -0.1) is 0 Å². The van der Waals surface area contributed by atoms with Crippen molar-refractivity contribution in [3.05, 3.63) is 58.6 Å². The number of hydrogen-bond acceptors (Lipinski definition) is 4. The van der Waals surface area contributed by atoms with E-state index in [2.05, 4.69) is 21.2 Å². The van der Waals surface area contributed by atoms with Gasteiger partial charge in [0.2, 0.25) is 5.91 Å². The van der Waals surface area contributed by atoms with Crippen LogP contribution in [0, 0.1) is 0 Å². The van der Waals surface area contributed by atoms with Gasteiger partial charge < -0.3 is 10.1 Å². The summed E-state index contributed by atoms with van der Waals surface area (Å²) in [7, 11) is 1.62. The maximum Gasteiger partial charge on any atom is 0.251 e. The Balaban J connectivity index is 1.66. The van der Waals surface area contributed by atoms with Crippen molar-refractivity contribution in [3.63, 3.8) is 0 Å². The van der Waals surface area contributed by atoms with Gasteiger partial charge in [0.05, 0.1) is 25.3 Å². The maximum absolute atomic E-state index is 12.5. The van der Waals surface area contributed by atoms with E-state index < -0.39 is 6.04 Å². The first-order chi connectivity index (χ1) is 11.6. The fourth-order valence-corrected chi connectivity index (χ4v) is 2.90. The molecule has 2 aromatic rings. The van der Waals surface area contributed by atoms with Crippen molar-refractivity contribution >= 4 is 33.4 Å². The monoisotopic (exact) mass is 388 g/mol. The zero-order valence-corrected chi connectivity index (χ0v) is 14.7. The number of imide groups is 1. The number of ether oxygens (including phenoxy) is 1. The van der Waals surface area contributed by atoms with Crippen LogP contribution in [0.5, 0.6) is 5.75 Å². The van der Waals surface area contributed by atoms with Crippen molar-refractivity contribution in [3.8, 4) is 5.75 Å². The fourth-order valence-electron chi connectivity index (χ4n) is 2.64. The minimum Gasteiger partial charge on any atom is -0.497 e. The minimum atomic E-state index is -0.497. The molecule has 1 atom stereocenters. The van der Waals surface area contributed by atoms with E-state index >= 15 is 0 Å². The van der Waals surface area contributed by atoms with Crippen LogP contribution in [0.1, 0.15) is 12.0 Å². The van der Waals surface area contributed by atoms with Crippen LogP contribution < -0.4 is 15.0 Å². The van der Waals surface area contributed by atoms with Gasteiger partial charge >= 0.3 is 0 Å². The molecule has 1 aliphatic heterocycles.